The molecule has 12 aromatic carbocycles. The number of benzene rings is 12. The van der Waals surface area contributed by atoms with Crippen LogP contribution in [-0.4, -0.2) is 9.13 Å². The first-order chi connectivity index (χ1) is 41.4. The average Bonchev–Trinajstić information content (AvgIpc) is 1.02. The van der Waals surface area contributed by atoms with Crippen molar-refractivity contribution >= 4 is 110 Å². The molecule has 410 valence electrons. The molecule has 2 aliphatic rings. The Bertz CT molecular complexity index is 4620. The van der Waals surface area contributed by atoms with E-state index in [1.54, 1.807) is 0 Å². The van der Waals surface area contributed by atoms with E-state index in [2.05, 4.69) is 253 Å². The third-order valence-electron chi connectivity index (χ3n) is 19.1. The molecule has 0 spiro atoms. The van der Waals surface area contributed by atoms with Crippen molar-refractivity contribution in [3.8, 4) is 11.4 Å². The summed E-state index contributed by atoms with van der Waals surface area (Å²) in [7, 11) is 0. The third-order valence-corrected chi connectivity index (χ3v) is 19.1. The van der Waals surface area contributed by atoms with Crippen LogP contribution in [0.2, 0.25) is 0 Å². The van der Waals surface area contributed by atoms with Crippen molar-refractivity contribution < 1.29 is 0 Å². The predicted molar refractivity (Wildman–Crippen MR) is 359 cm³/mol. The van der Waals surface area contributed by atoms with Crippen molar-refractivity contribution in [2.75, 3.05) is 9.80 Å². The minimum Gasteiger partial charge on any atom is -0.310 e. The maximum Gasteiger partial charge on any atom is 0.0543 e. The fourth-order valence-electron chi connectivity index (χ4n) is 15.5. The van der Waals surface area contributed by atoms with Crippen molar-refractivity contribution in [2.24, 2.45) is 0 Å². The summed E-state index contributed by atoms with van der Waals surface area (Å²) in [6, 6.07) is 80.0. The first kappa shape index (κ1) is 50.6. The van der Waals surface area contributed by atoms with Gasteiger partial charge in [-0.1, -0.05) is 136 Å². The van der Waals surface area contributed by atoms with Gasteiger partial charge in [-0.25, -0.2) is 0 Å². The molecule has 0 saturated carbocycles. The first-order valence-electron chi connectivity index (χ1n) is 31.2. The van der Waals surface area contributed by atoms with Gasteiger partial charge in [0.1, 0.15) is 0 Å². The van der Waals surface area contributed by atoms with Crippen LogP contribution in [-0.2, 0) is 38.5 Å². The van der Waals surface area contributed by atoms with E-state index in [9.17, 15) is 0 Å². The third kappa shape index (κ3) is 8.01. The summed E-state index contributed by atoms with van der Waals surface area (Å²) in [6.07, 6.45) is 13.3. The van der Waals surface area contributed by atoms with Gasteiger partial charge in [0.05, 0.1) is 33.4 Å². The van der Waals surface area contributed by atoms with Gasteiger partial charge in [0.15, 0.2) is 0 Å². The molecule has 0 N–H and O–H groups in total. The number of rotatable bonds is 12. The van der Waals surface area contributed by atoms with Gasteiger partial charge in [-0.05, 0) is 241 Å². The van der Waals surface area contributed by atoms with Crippen LogP contribution in [0.3, 0.4) is 0 Å². The van der Waals surface area contributed by atoms with E-state index in [4.69, 9.17) is 0 Å². The van der Waals surface area contributed by atoms with Crippen molar-refractivity contribution in [1.29, 1.82) is 0 Å². The van der Waals surface area contributed by atoms with Crippen molar-refractivity contribution in [3.05, 3.63) is 251 Å². The van der Waals surface area contributed by atoms with Crippen LogP contribution in [0.25, 0.3) is 87.3 Å². The molecular weight excluding hydrogens is 1020 g/mol. The van der Waals surface area contributed by atoms with Crippen molar-refractivity contribution in [3.63, 3.8) is 0 Å². The van der Waals surface area contributed by atoms with E-state index in [0.717, 1.165) is 51.4 Å². The van der Waals surface area contributed by atoms with E-state index < -0.39 is 0 Å². The monoisotopic (exact) mass is 1090 g/mol. The SMILES string of the molecule is CCCc1cc(N(c2ccc3c(c2)c2ccccc2n3-c2cccc(C)c2)c2cccc3c2CCCC3)c2ccc3c(CCC)cc(N(c4ccc5c(c4)c4ccccc4n5-c4cccc(C)c4)c4cccc5c4CCCC5)c4ccc1c2c34. The predicted octanol–water partition coefficient (Wildman–Crippen LogP) is 22.0. The molecule has 2 heterocycles. The molecule has 0 aliphatic heterocycles. The fourth-order valence-corrected chi connectivity index (χ4v) is 15.5. The smallest absolute Gasteiger partial charge is 0.0543 e. The van der Waals surface area contributed by atoms with Gasteiger partial charge < -0.3 is 18.9 Å². The molecule has 0 unspecified atom stereocenters. The number of fused-ring (bicyclic) bond motifs is 8. The van der Waals surface area contributed by atoms with Gasteiger partial charge in [0.25, 0.3) is 0 Å². The van der Waals surface area contributed by atoms with Gasteiger partial charge in [-0.3, -0.25) is 0 Å². The summed E-state index contributed by atoms with van der Waals surface area (Å²) in [5, 5.41) is 13.2. The molecule has 4 heteroatoms. The Labute approximate surface area is 493 Å². The lowest BCUT2D eigenvalue weighted by atomic mass is 9.85. The second-order valence-corrected chi connectivity index (χ2v) is 24.4. The number of para-hydroxylation sites is 2. The van der Waals surface area contributed by atoms with E-state index >= 15 is 0 Å². The number of hydrogen-bond acceptors (Lipinski definition) is 2. The highest BCUT2D eigenvalue weighted by Gasteiger charge is 2.29. The topological polar surface area (TPSA) is 16.3 Å². The molecule has 0 fully saturated rings. The van der Waals surface area contributed by atoms with Crippen molar-refractivity contribution in [1.82, 2.24) is 9.13 Å². The largest absolute Gasteiger partial charge is 0.310 e. The number of aryl methyl sites for hydroxylation is 6. The van der Waals surface area contributed by atoms with Crippen LogP contribution in [0.5, 0.6) is 0 Å². The Kier molecular flexibility index (Phi) is 12.3. The summed E-state index contributed by atoms with van der Waals surface area (Å²) >= 11 is 0. The zero-order valence-electron chi connectivity index (χ0n) is 48.9. The fraction of sp³-hybridized carbons (Fsp3) is 0.200. The molecule has 2 aliphatic carbocycles. The maximum absolute atomic E-state index is 2.69. The standard InChI is InChI=1S/C80H70N4/c1-5-19-55-47-77(83(71-35-17-25-53-23-7-9-29-61(53)71)59-37-43-75-69(49-59)65-31-11-13-33-73(65)81(75)57-27-15-21-51(3)45-57)67-42-40-64-56(20-6-2)48-78(68-41-39-63(55)79(67)80(64)68)84(72-36-18-26-54-24-8-10-30-62(54)72)60-38-44-76-70(50-60)66-32-12-14-34-74(66)82(76)58-28-16-22-52(4)46-58/h11-18,21-22,25-28,31-50H,5-10,19-20,23-24,29-30H2,1-4H3. The van der Waals surface area contributed by atoms with Crippen LogP contribution >= 0.6 is 0 Å². The van der Waals surface area contributed by atoms with E-state index in [0.29, 0.717) is 0 Å². The Morgan fingerprint density at radius 2 is 0.750 bits per heavy atom. The molecule has 84 heavy (non-hydrogen) atoms. The highest BCUT2D eigenvalue weighted by molar-refractivity contribution is 6.29. The Balaban J connectivity index is 0.982. The molecule has 0 bridgehead atoms. The Morgan fingerprint density at radius 1 is 0.333 bits per heavy atom. The van der Waals surface area contributed by atoms with Gasteiger partial charge in [-0.2, -0.15) is 0 Å². The molecular formula is C80H70N4. The van der Waals surface area contributed by atoms with Gasteiger partial charge >= 0.3 is 0 Å². The highest BCUT2D eigenvalue weighted by Crippen LogP contribution is 2.53. The molecule has 14 aromatic rings. The summed E-state index contributed by atoms with van der Waals surface area (Å²) < 4.78 is 4.93. The van der Waals surface area contributed by atoms with Gasteiger partial charge in [0.2, 0.25) is 0 Å². The minimum atomic E-state index is 0.984. The summed E-state index contributed by atoms with van der Waals surface area (Å²) in [5.74, 6) is 0. The molecule has 0 radical (unpaired) electrons. The second kappa shape index (κ2) is 20.3. The summed E-state index contributed by atoms with van der Waals surface area (Å²) in [6.45, 7) is 9.10. The highest BCUT2D eigenvalue weighted by atomic mass is 15.2. The lowest BCUT2D eigenvalue weighted by molar-refractivity contribution is 0.686. The van der Waals surface area contributed by atoms with Crippen LogP contribution in [0, 0.1) is 13.8 Å². The average molecular weight is 1090 g/mol. The number of nitrogens with zero attached hydrogens (tertiary/aromatic N) is 4. The molecule has 16 rings (SSSR count). The normalized spacial score (nSPS) is 13.5. The van der Waals surface area contributed by atoms with Crippen LogP contribution < -0.4 is 9.80 Å². The van der Waals surface area contributed by atoms with E-state index in [1.165, 1.54) is 192 Å². The first-order valence-corrected chi connectivity index (χ1v) is 31.2. The minimum absolute atomic E-state index is 0.984. The maximum atomic E-state index is 2.69. The van der Waals surface area contributed by atoms with E-state index in [-0.39, 0.29) is 0 Å². The second-order valence-electron chi connectivity index (χ2n) is 24.4. The van der Waals surface area contributed by atoms with Crippen molar-refractivity contribution in [2.45, 2.75) is 105 Å². The Hall–Kier alpha value is -9.12. The number of aromatic nitrogens is 2. The van der Waals surface area contributed by atoms with Gasteiger partial charge in [-0.15, -0.1) is 0 Å². The zero-order valence-corrected chi connectivity index (χ0v) is 48.9. The molecule has 0 atom stereocenters. The van der Waals surface area contributed by atoms with E-state index in [1.807, 2.05) is 0 Å². The molecule has 4 nitrogen and oxygen atoms in total. The van der Waals surface area contributed by atoms with Gasteiger partial charge in [0, 0.05) is 66.4 Å². The molecule has 2 aromatic heterocycles. The summed E-state index contributed by atoms with van der Waals surface area (Å²) in [4.78, 5) is 5.37. The summed E-state index contributed by atoms with van der Waals surface area (Å²) in [5.41, 5.74) is 26.1. The lowest BCUT2D eigenvalue weighted by Crippen LogP contribution is -2.17. The number of hydrogen-bond donors (Lipinski definition) is 0. The number of anilines is 6. The quantitative estimate of drug-likeness (QED) is 0.113. The van der Waals surface area contributed by atoms with Crippen LogP contribution in [0.15, 0.2) is 206 Å². The van der Waals surface area contributed by atoms with Crippen LogP contribution in [0.1, 0.15) is 96.9 Å². The Morgan fingerprint density at radius 3 is 1.20 bits per heavy atom. The molecule has 0 saturated heterocycles. The zero-order chi connectivity index (χ0) is 56.2. The molecule has 0 amide bonds. The van der Waals surface area contributed by atoms with Crippen LogP contribution in [0.4, 0.5) is 34.1 Å². The lowest BCUT2D eigenvalue weighted by Gasteiger charge is -2.33.